The lowest BCUT2D eigenvalue weighted by Gasteiger charge is -2.73. The molecule has 2 heterocycles. The molecule has 7 heteroatoms. The third-order valence-electron chi connectivity index (χ3n) is 18.6. The Morgan fingerprint density at radius 3 is 2.12 bits per heavy atom. The number of ether oxygens (including phenoxy) is 3. The molecular formula is C44H72N2O5. The van der Waals surface area contributed by atoms with E-state index in [9.17, 15) is 4.79 Å². The lowest BCUT2D eigenvalue weighted by atomic mass is 9.32. The molecule has 8 fully saturated rings. The maximum absolute atomic E-state index is 15.2. The van der Waals surface area contributed by atoms with E-state index in [0.717, 1.165) is 84.6 Å². The highest BCUT2D eigenvalue weighted by Gasteiger charge is 2.73. The Hall–Kier alpha value is -1.18. The Bertz CT molecular complexity index is 1330. The normalized spacial score (nSPS) is 46.3. The van der Waals surface area contributed by atoms with Crippen LogP contribution in [0.4, 0.5) is 0 Å². The molecule has 0 spiro atoms. The molecule has 0 radical (unpaired) electrons. The van der Waals surface area contributed by atoms with E-state index >= 15 is 4.79 Å². The molecule has 6 saturated carbocycles. The number of carbonyl (C=O) groups is 2. The number of nitrogens with zero attached hydrogens (tertiary/aromatic N) is 2. The topological polar surface area (TPSA) is 68.3 Å². The van der Waals surface area contributed by atoms with E-state index in [4.69, 9.17) is 14.2 Å². The molecule has 2 aliphatic heterocycles. The van der Waals surface area contributed by atoms with Crippen molar-refractivity contribution < 1.29 is 23.8 Å². The predicted octanol–water partition coefficient (Wildman–Crippen LogP) is 8.14. The summed E-state index contributed by atoms with van der Waals surface area (Å²) in [6, 6.07) is 0. The number of esters is 1. The fourth-order valence-corrected chi connectivity index (χ4v) is 15.4. The van der Waals surface area contributed by atoms with Crippen molar-refractivity contribution in [2.75, 3.05) is 52.5 Å². The summed E-state index contributed by atoms with van der Waals surface area (Å²) >= 11 is 0. The number of morpholine rings is 1. The summed E-state index contributed by atoms with van der Waals surface area (Å²) in [4.78, 5) is 32.1. The van der Waals surface area contributed by atoms with Gasteiger partial charge in [0.2, 0.25) is 5.91 Å². The van der Waals surface area contributed by atoms with Gasteiger partial charge in [-0.05, 0) is 141 Å². The first-order chi connectivity index (χ1) is 24.2. The molecule has 7 nitrogen and oxygen atoms in total. The molecule has 10 unspecified atom stereocenters. The monoisotopic (exact) mass is 709 g/mol. The predicted molar refractivity (Wildman–Crippen MR) is 200 cm³/mol. The molecule has 0 aromatic heterocycles. The standard InChI is InChI=1S/C44H72N2O5/c1-30(47)51-36-12-15-41(5)34(39(36,2)3)11-16-43(7)35(41)9-8-33-37-32(40(4)18-19-40)10-17-44(37,21-20-42(33,43)6)38(48)46-22-13-31(14-23-46)50-29-26-45-24-27-49-28-25-45/h31-37H,8-29H2,1-7H3. The van der Waals surface area contributed by atoms with Gasteiger partial charge in [0.05, 0.1) is 31.3 Å². The zero-order chi connectivity index (χ0) is 36.0. The first-order valence-corrected chi connectivity index (χ1v) is 21.6. The van der Waals surface area contributed by atoms with E-state index in [2.05, 4.69) is 51.3 Å². The van der Waals surface area contributed by atoms with Crippen LogP contribution in [0.2, 0.25) is 0 Å². The Morgan fingerprint density at radius 1 is 0.706 bits per heavy atom. The first-order valence-electron chi connectivity index (χ1n) is 21.6. The van der Waals surface area contributed by atoms with Gasteiger partial charge in [-0.25, -0.2) is 0 Å². The van der Waals surface area contributed by atoms with Crippen LogP contribution in [0.3, 0.4) is 0 Å². The van der Waals surface area contributed by atoms with Crippen molar-refractivity contribution in [2.24, 2.45) is 62.1 Å². The maximum atomic E-state index is 15.2. The fraction of sp³-hybridized carbons (Fsp3) is 0.955. The largest absolute Gasteiger partial charge is 0.462 e. The molecule has 1 amide bonds. The molecule has 0 aromatic rings. The van der Waals surface area contributed by atoms with Crippen molar-refractivity contribution in [3.8, 4) is 0 Å². The van der Waals surface area contributed by atoms with E-state index < -0.39 is 0 Å². The molecule has 0 bridgehead atoms. The number of piperidine rings is 1. The van der Waals surface area contributed by atoms with Gasteiger partial charge in [0.15, 0.2) is 0 Å². The highest BCUT2D eigenvalue weighted by Crippen LogP contribution is 2.79. The van der Waals surface area contributed by atoms with Crippen LogP contribution in [-0.2, 0) is 23.8 Å². The molecule has 2 saturated heterocycles. The van der Waals surface area contributed by atoms with E-state index in [0.29, 0.717) is 40.9 Å². The van der Waals surface area contributed by atoms with Crippen LogP contribution in [0.5, 0.6) is 0 Å². The summed E-state index contributed by atoms with van der Waals surface area (Å²) < 4.78 is 17.9. The van der Waals surface area contributed by atoms with E-state index in [-0.39, 0.29) is 45.3 Å². The number of fused-ring (bicyclic) bond motifs is 7. The number of hydrogen-bond donors (Lipinski definition) is 0. The smallest absolute Gasteiger partial charge is 0.302 e. The lowest BCUT2D eigenvalue weighted by Crippen LogP contribution is -2.67. The fourth-order valence-electron chi connectivity index (χ4n) is 15.4. The number of likely N-dealkylation sites (tertiary alicyclic amines) is 1. The van der Waals surface area contributed by atoms with Crippen molar-refractivity contribution in [2.45, 2.75) is 151 Å². The van der Waals surface area contributed by atoms with Gasteiger partial charge in [-0.2, -0.15) is 0 Å². The van der Waals surface area contributed by atoms with Crippen molar-refractivity contribution in [3.63, 3.8) is 0 Å². The second kappa shape index (κ2) is 13.0. The van der Waals surface area contributed by atoms with Gasteiger partial charge in [0, 0.05) is 45.1 Å². The van der Waals surface area contributed by atoms with Gasteiger partial charge in [0.1, 0.15) is 6.10 Å². The average molecular weight is 709 g/mol. The zero-order valence-electron chi connectivity index (χ0n) is 33.5. The summed E-state index contributed by atoms with van der Waals surface area (Å²) in [7, 11) is 0. The quantitative estimate of drug-likeness (QED) is 0.249. The van der Waals surface area contributed by atoms with Crippen LogP contribution in [0.25, 0.3) is 0 Å². The second-order valence-electron chi connectivity index (χ2n) is 20.9. The molecule has 51 heavy (non-hydrogen) atoms. The van der Waals surface area contributed by atoms with Crippen LogP contribution in [-0.4, -0.2) is 86.4 Å². The summed E-state index contributed by atoms with van der Waals surface area (Å²) in [6.07, 6.45) is 16.9. The average Bonchev–Trinajstić information content (AvgIpc) is 3.71. The van der Waals surface area contributed by atoms with Gasteiger partial charge in [-0.3, -0.25) is 14.5 Å². The highest BCUT2D eigenvalue weighted by atomic mass is 16.5. The lowest BCUT2D eigenvalue weighted by molar-refractivity contribution is -0.251. The van der Waals surface area contributed by atoms with Gasteiger partial charge in [-0.15, -0.1) is 0 Å². The molecular weight excluding hydrogens is 636 g/mol. The highest BCUT2D eigenvalue weighted by molar-refractivity contribution is 5.84. The van der Waals surface area contributed by atoms with E-state index in [1.807, 2.05) is 0 Å². The summed E-state index contributed by atoms with van der Waals surface area (Å²) in [5.41, 5.74) is 1.05. The number of carbonyl (C=O) groups excluding carboxylic acids is 2. The molecule has 6 aliphatic carbocycles. The Balaban J connectivity index is 1.01. The van der Waals surface area contributed by atoms with Gasteiger partial charge in [-0.1, -0.05) is 41.5 Å². The third kappa shape index (κ3) is 5.72. The van der Waals surface area contributed by atoms with Crippen LogP contribution in [0.15, 0.2) is 0 Å². The van der Waals surface area contributed by atoms with E-state index in [1.165, 1.54) is 57.8 Å². The number of amides is 1. The minimum Gasteiger partial charge on any atom is -0.462 e. The summed E-state index contributed by atoms with van der Waals surface area (Å²) in [5.74, 6) is 3.51. The van der Waals surface area contributed by atoms with Crippen LogP contribution < -0.4 is 0 Å². The molecule has 288 valence electrons. The Kier molecular flexibility index (Phi) is 9.34. The molecule has 8 rings (SSSR count). The Morgan fingerprint density at radius 2 is 1.43 bits per heavy atom. The SMILES string of the molecule is CC(=O)OC1CCC2(C)C(CCC3(C)C2CCC2C4C(C5(C)CC5)CCC4(C(=O)N4CCC(OCCN5CCOCC5)CC4)CCC23C)C1(C)C. The number of hydrogen-bond acceptors (Lipinski definition) is 6. The Labute approximate surface area is 310 Å². The van der Waals surface area contributed by atoms with Crippen LogP contribution in [0, 0.1) is 62.1 Å². The first kappa shape index (κ1) is 36.8. The third-order valence-corrected chi connectivity index (χ3v) is 18.6. The minimum atomic E-state index is -0.168. The van der Waals surface area contributed by atoms with Crippen LogP contribution >= 0.6 is 0 Å². The van der Waals surface area contributed by atoms with Gasteiger partial charge in [0.25, 0.3) is 0 Å². The van der Waals surface area contributed by atoms with Gasteiger partial charge < -0.3 is 19.1 Å². The second-order valence-corrected chi connectivity index (χ2v) is 20.9. The van der Waals surface area contributed by atoms with Crippen molar-refractivity contribution in [1.29, 1.82) is 0 Å². The minimum absolute atomic E-state index is 0.00969. The van der Waals surface area contributed by atoms with E-state index in [1.54, 1.807) is 6.92 Å². The van der Waals surface area contributed by atoms with Gasteiger partial charge >= 0.3 is 5.97 Å². The molecule has 0 N–H and O–H groups in total. The number of rotatable bonds is 7. The van der Waals surface area contributed by atoms with Crippen molar-refractivity contribution in [3.05, 3.63) is 0 Å². The zero-order valence-corrected chi connectivity index (χ0v) is 33.5. The van der Waals surface area contributed by atoms with Crippen molar-refractivity contribution >= 4 is 11.9 Å². The molecule has 0 aromatic carbocycles. The van der Waals surface area contributed by atoms with Crippen LogP contribution in [0.1, 0.15) is 138 Å². The maximum Gasteiger partial charge on any atom is 0.302 e. The summed E-state index contributed by atoms with van der Waals surface area (Å²) in [6.45, 7) is 24.2. The summed E-state index contributed by atoms with van der Waals surface area (Å²) in [5, 5.41) is 0. The molecule has 10 atom stereocenters. The van der Waals surface area contributed by atoms with Crippen molar-refractivity contribution in [1.82, 2.24) is 9.80 Å². The molecule has 8 aliphatic rings.